The van der Waals surface area contributed by atoms with E-state index in [2.05, 4.69) is 13.2 Å². The Bertz CT molecular complexity index is 313. The van der Waals surface area contributed by atoms with Gasteiger partial charge in [-0.1, -0.05) is 13.2 Å². The van der Waals surface area contributed by atoms with Gasteiger partial charge in [-0.25, -0.2) is 4.79 Å². The zero-order valence-electron chi connectivity index (χ0n) is 11.7. The molecule has 116 valence electrons. The van der Waals surface area contributed by atoms with E-state index in [-0.39, 0.29) is 24.7 Å². The largest absolute Gasteiger partial charge is 0.478 e. The van der Waals surface area contributed by atoms with Crippen LogP contribution in [0.15, 0.2) is 24.9 Å². The van der Waals surface area contributed by atoms with Gasteiger partial charge in [-0.05, 0) is 19.5 Å². The summed E-state index contributed by atoms with van der Waals surface area (Å²) in [6, 6.07) is 0. The molecule has 4 N–H and O–H groups in total. The molecule has 0 bridgehead atoms. The van der Waals surface area contributed by atoms with Crippen LogP contribution in [0.2, 0.25) is 0 Å². The molecule has 0 saturated carbocycles. The smallest absolute Gasteiger partial charge is 0.330 e. The fraction of sp³-hybridized carbons (Fsp3) is 0.538. The fourth-order valence-electron chi connectivity index (χ4n) is 0.920. The van der Waals surface area contributed by atoms with E-state index in [1.54, 1.807) is 11.1 Å². The topological polar surface area (TPSA) is 118 Å². The Kier molecular flexibility index (Phi) is 12.7. The van der Waals surface area contributed by atoms with Crippen molar-refractivity contribution in [2.24, 2.45) is 0 Å². The number of carbonyl (C=O) groups excluding carboxylic acids is 1. The highest BCUT2D eigenvalue weighted by Crippen LogP contribution is 2.08. The Morgan fingerprint density at radius 1 is 1.45 bits per heavy atom. The van der Waals surface area contributed by atoms with Crippen molar-refractivity contribution in [1.82, 2.24) is 4.90 Å². The number of hydrogen-bond acceptors (Lipinski definition) is 5. The number of hydrogen-bond donors (Lipinski definition) is 4. The number of carboxylic acid groups (broad SMARTS) is 1. The summed E-state index contributed by atoms with van der Waals surface area (Å²) in [4.78, 5) is 21.9. The second-order valence-electron chi connectivity index (χ2n) is 3.98. The van der Waals surface area contributed by atoms with Crippen molar-refractivity contribution in [3.63, 3.8) is 0 Å². The average molecular weight is 289 g/mol. The lowest BCUT2D eigenvalue weighted by Crippen LogP contribution is -2.16. The highest BCUT2D eigenvalue weighted by molar-refractivity contribution is 5.84. The first kappa shape index (κ1) is 20.6. The molecule has 1 amide bonds. The molecule has 0 aliphatic carbocycles. The second-order valence-corrected chi connectivity index (χ2v) is 3.98. The Balaban J connectivity index is 0. The second kappa shape index (κ2) is 12.3. The maximum absolute atomic E-state index is 10.7. The molecule has 1 rings (SSSR count). The summed E-state index contributed by atoms with van der Waals surface area (Å²) < 4.78 is 0. The van der Waals surface area contributed by atoms with Gasteiger partial charge in [0.05, 0.1) is 13.2 Å². The first-order valence-electron chi connectivity index (χ1n) is 6.00. The van der Waals surface area contributed by atoms with Crippen LogP contribution in [-0.2, 0) is 9.59 Å². The molecule has 0 radical (unpaired) electrons. The summed E-state index contributed by atoms with van der Waals surface area (Å²) in [5.74, 6) is -0.727. The molecule has 1 heterocycles. The van der Waals surface area contributed by atoms with Crippen LogP contribution in [0.3, 0.4) is 0 Å². The number of carbonyl (C=O) groups is 2. The van der Waals surface area contributed by atoms with E-state index in [1.807, 2.05) is 0 Å². The highest BCUT2D eigenvalue weighted by atomic mass is 16.4. The van der Waals surface area contributed by atoms with E-state index < -0.39 is 12.1 Å². The van der Waals surface area contributed by atoms with Gasteiger partial charge in [-0.2, -0.15) is 0 Å². The highest BCUT2D eigenvalue weighted by Gasteiger charge is 2.15. The maximum Gasteiger partial charge on any atom is 0.330 e. The zero-order chi connectivity index (χ0) is 16.1. The molecule has 0 spiro atoms. The number of carboxylic acids is 1. The monoisotopic (exact) mass is 289 g/mol. The molecule has 1 aliphatic rings. The summed E-state index contributed by atoms with van der Waals surface area (Å²) in [5, 5.41) is 31.9. The fourth-order valence-corrected chi connectivity index (χ4v) is 0.920. The van der Waals surface area contributed by atoms with Gasteiger partial charge >= 0.3 is 5.97 Å². The molecule has 0 unspecified atom stereocenters. The zero-order valence-corrected chi connectivity index (χ0v) is 11.7. The average Bonchev–Trinajstić information content (AvgIpc) is 2.84. The third-order valence-corrected chi connectivity index (χ3v) is 2.12. The van der Waals surface area contributed by atoms with Crippen LogP contribution in [0.1, 0.15) is 19.8 Å². The van der Waals surface area contributed by atoms with Gasteiger partial charge in [0.1, 0.15) is 6.10 Å². The first-order valence-corrected chi connectivity index (χ1v) is 6.00. The molecule has 0 aromatic carbocycles. The third kappa shape index (κ3) is 11.4. The predicted molar refractivity (Wildman–Crippen MR) is 73.8 cm³/mol. The van der Waals surface area contributed by atoms with Crippen molar-refractivity contribution < 1.29 is 30.0 Å². The molecule has 0 aromatic rings. The molecule has 1 aliphatic heterocycles. The molecule has 1 saturated heterocycles. The Morgan fingerprint density at radius 3 is 2.00 bits per heavy atom. The van der Waals surface area contributed by atoms with E-state index >= 15 is 0 Å². The number of amides is 1. The predicted octanol–water partition coefficient (Wildman–Crippen LogP) is -0.269. The van der Waals surface area contributed by atoms with Crippen LogP contribution in [0.4, 0.5) is 0 Å². The van der Waals surface area contributed by atoms with Crippen molar-refractivity contribution in [1.29, 1.82) is 0 Å². The van der Waals surface area contributed by atoms with Gasteiger partial charge in [0.2, 0.25) is 5.91 Å². The minimum absolute atomic E-state index is 0.176. The number of likely N-dealkylation sites (tertiary alicyclic amines) is 1. The SMILES string of the molecule is C=C(C)C(=O)O.C=CN1CCCC1=O.OCC(O)CO. The number of nitrogens with zero attached hydrogens (tertiary/aromatic N) is 1. The summed E-state index contributed by atoms with van der Waals surface area (Å²) in [5.41, 5.74) is 0.176. The lowest BCUT2D eigenvalue weighted by molar-refractivity contribution is -0.132. The summed E-state index contributed by atoms with van der Waals surface area (Å²) in [7, 11) is 0. The van der Waals surface area contributed by atoms with Crippen molar-refractivity contribution >= 4 is 11.9 Å². The molecule has 1 fully saturated rings. The van der Waals surface area contributed by atoms with Gasteiger partial charge in [0.15, 0.2) is 0 Å². The number of aliphatic hydroxyl groups is 3. The quantitative estimate of drug-likeness (QED) is 0.529. The Morgan fingerprint density at radius 2 is 1.90 bits per heavy atom. The first-order chi connectivity index (χ1) is 9.29. The van der Waals surface area contributed by atoms with Gasteiger partial charge in [0.25, 0.3) is 0 Å². The maximum atomic E-state index is 10.7. The van der Waals surface area contributed by atoms with Crippen LogP contribution in [0.25, 0.3) is 0 Å². The van der Waals surface area contributed by atoms with Gasteiger partial charge in [-0.15, -0.1) is 0 Å². The number of aliphatic carboxylic acids is 1. The Hall–Kier alpha value is -1.70. The van der Waals surface area contributed by atoms with E-state index in [9.17, 15) is 9.59 Å². The van der Waals surface area contributed by atoms with Crippen molar-refractivity contribution in [2.45, 2.75) is 25.9 Å². The molecule has 7 heteroatoms. The summed E-state index contributed by atoms with van der Waals surface area (Å²) >= 11 is 0. The lowest BCUT2D eigenvalue weighted by Gasteiger charge is -2.05. The van der Waals surface area contributed by atoms with Crippen LogP contribution in [0, 0.1) is 0 Å². The molecular formula is C13H23NO6. The van der Waals surface area contributed by atoms with E-state index in [1.165, 1.54) is 6.92 Å². The van der Waals surface area contributed by atoms with Crippen LogP contribution in [-0.4, -0.2) is 63.1 Å². The minimum Gasteiger partial charge on any atom is -0.478 e. The van der Waals surface area contributed by atoms with Crippen LogP contribution in [0.5, 0.6) is 0 Å². The normalized spacial score (nSPS) is 13.1. The number of aliphatic hydroxyl groups excluding tert-OH is 3. The minimum atomic E-state index is -0.954. The number of rotatable bonds is 4. The van der Waals surface area contributed by atoms with Gasteiger partial charge in [-0.3, -0.25) is 4.79 Å². The van der Waals surface area contributed by atoms with Crippen molar-refractivity contribution in [3.8, 4) is 0 Å². The molecule has 7 nitrogen and oxygen atoms in total. The van der Waals surface area contributed by atoms with Gasteiger partial charge < -0.3 is 25.3 Å². The summed E-state index contributed by atoms with van der Waals surface area (Å²) in [6.07, 6.45) is 2.33. The van der Waals surface area contributed by atoms with E-state index in [0.29, 0.717) is 6.42 Å². The van der Waals surface area contributed by atoms with Crippen molar-refractivity contribution in [2.75, 3.05) is 19.8 Å². The molecule has 0 atom stereocenters. The van der Waals surface area contributed by atoms with Crippen LogP contribution < -0.4 is 0 Å². The summed E-state index contributed by atoms with van der Waals surface area (Å²) in [6.45, 7) is 8.23. The van der Waals surface area contributed by atoms with E-state index in [4.69, 9.17) is 20.4 Å². The van der Waals surface area contributed by atoms with Crippen LogP contribution >= 0.6 is 0 Å². The van der Waals surface area contributed by atoms with Gasteiger partial charge in [0, 0.05) is 18.5 Å². The molecule has 0 aromatic heterocycles. The van der Waals surface area contributed by atoms with E-state index in [0.717, 1.165) is 13.0 Å². The third-order valence-electron chi connectivity index (χ3n) is 2.12. The Labute approximate surface area is 118 Å². The van der Waals surface area contributed by atoms with Crippen molar-refractivity contribution in [3.05, 3.63) is 24.9 Å². The standard InChI is InChI=1S/C6H9NO.C4H6O2.C3H8O3/c1-2-7-5-3-4-6(7)8;1-3(2)4(5)6;4-1-3(6)2-5/h2H,1,3-5H2;1H2,2H3,(H,5,6);3-6H,1-2H2. The lowest BCUT2D eigenvalue weighted by atomic mass is 10.4. The molecule has 20 heavy (non-hydrogen) atoms. The molecular weight excluding hydrogens is 266 g/mol.